The molecule has 3 heteroatoms. The molecule has 2 rings (SSSR count). The number of nitrogens with one attached hydrogen (secondary N) is 1. The SMILES string of the molecule is CCc1ccc(C(=O)NC2CCCC2)s1. The highest BCUT2D eigenvalue weighted by atomic mass is 32.1. The fraction of sp³-hybridized carbons (Fsp3) is 0.583. The average Bonchev–Trinajstić information content (AvgIpc) is 2.86. The van der Waals surface area contributed by atoms with Crippen molar-refractivity contribution in [2.24, 2.45) is 0 Å². The lowest BCUT2D eigenvalue weighted by Crippen LogP contribution is -2.31. The van der Waals surface area contributed by atoms with Gasteiger partial charge in [0.25, 0.3) is 5.91 Å². The third kappa shape index (κ3) is 2.59. The molecule has 0 radical (unpaired) electrons. The largest absolute Gasteiger partial charge is 0.349 e. The Morgan fingerprint density at radius 1 is 1.47 bits per heavy atom. The molecule has 1 amide bonds. The predicted octanol–water partition coefficient (Wildman–Crippen LogP) is 2.98. The van der Waals surface area contributed by atoms with Crippen molar-refractivity contribution < 1.29 is 4.79 Å². The molecule has 82 valence electrons. The molecule has 1 fully saturated rings. The summed E-state index contributed by atoms with van der Waals surface area (Å²) < 4.78 is 0. The maximum atomic E-state index is 11.8. The summed E-state index contributed by atoms with van der Waals surface area (Å²) in [6, 6.07) is 4.41. The first kappa shape index (κ1) is 10.7. The molecular formula is C12H17NOS. The summed E-state index contributed by atoms with van der Waals surface area (Å²) in [5, 5.41) is 3.10. The number of thiophene rings is 1. The summed E-state index contributed by atoms with van der Waals surface area (Å²) in [4.78, 5) is 14.0. The number of rotatable bonds is 3. The third-order valence-electron chi connectivity index (χ3n) is 2.92. The van der Waals surface area contributed by atoms with Gasteiger partial charge in [-0.3, -0.25) is 4.79 Å². The zero-order valence-corrected chi connectivity index (χ0v) is 9.90. The van der Waals surface area contributed by atoms with Gasteiger partial charge >= 0.3 is 0 Å². The Balaban J connectivity index is 1.94. The van der Waals surface area contributed by atoms with Crippen LogP contribution in [0, 0.1) is 0 Å². The number of hydrogen-bond acceptors (Lipinski definition) is 2. The van der Waals surface area contributed by atoms with E-state index in [0.717, 1.165) is 24.1 Å². The predicted molar refractivity (Wildman–Crippen MR) is 63.4 cm³/mol. The van der Waals surface area contributed by atoms with Crippen molar-refractivity contribution in [3.05, 3.63) is 21.9 Å². The fourth-order valence-corrected chi connectivity index (χ4v) is 2.87. The van der Waals surface area contributed by atoms with Gasteiger partial charge in [-0.2, -0.15) is 0 Å². The molecule has 0 spiro atoms. The van der Waals surface area contributed by atoms with Crippen LogP contribution < -0.4 is 5.32 Å². The van der Waals surface area contributed by atoms with E-state index in [0.29, 0.717) is 6.04 Å². The van der Waals surface area contributed by atoms with E-state index in [1.807, 2.05) is 12.1 Å². The molecule has 1 saturated carbocycles. The van der Waals surface area contributed by atoms with Crippen molar-refractivity contribution in [3.8, 4) is 0 Å². The molecule has 1 aromatic rings. The van der Waals surface area contributed by atoms with Gasteiger partial charge in [-0.15, -0.1) is 11.3 Å². The van der Waals surface area contributed by atoms with Crippen LogP contribution in [0.5, 0.6) is 0 Å². The Morgan fingerprint density at radius 3 is 2.80 bits per heavy atom. The van der Waals surface area contributed by atoms with Crippen molar-refractivity contribution in [1.82, 2.24) is 5.32 Å². The number of carbonyl (C=O) groups excluding carboxylic acids is 1. The highest BCUT2D eigenvalue weighted by Gasteiger charge is 2.18. The quantitative estimate of drug-likeness (QED) is 0.838. The van der Waals surface area contributed by atoms with Crippen LogP contribution in [-0.2, 0) is 6.42 Å². The number of carbonyl (C=O) groups is 1. The van der Waals surface area contributed by atoms with E-state index in [1.54, 1.807) is 11.3 Å². The summed E-state index contributed by atoms with van der Waals surface area (Å²) in [7, 11) is 0. The van der Waals surface area contributed by atoms with Crippen LogP contribution in [0.2, 0.25) is 0 Å². The van der Waals surface area contributed by atoms with Gasteiger partial charge in [-0.1, -0.05) is 19.8 Å². The number of hydrogen-bond donors (Lipinski definition) is 1. The molecule has 0 saturated heterocycles. The second-order valence-corrected chi connectivity index (χ2v) is 5.24. The smallest absolute Gasteiger partial charge is 0.261 e. The van der Waals surface area contributed by atoms with E-state index in [2.05, 4.69) is 12.2 Å². The van der Waals surface area contributed by atoms with Crippen LogP contribution in [0.3, 0.4) is 0 Å². The average molecular weight is 223 g/mol. The molecule has 1 aliphatic rings. The molecule has 15 heavy (non-hydrogen) atoms. The van der Waals surface area contributed by atoms with E-state index in [9.17, 15) is 4.79 Å². The summed E-state index contributed by atoms with van der Waals surface area (Å²) in [5.41, 5.74) is 0. The van der Waals surface area contributed by atoms with Crippen LogP contribution in [0.4, 0.5) is 0 Å². The van der Waals surface area contributed by atoms with E-state index in [1.165, 1.54) is 17.7 Å². The van der Waals surface area contributed by atoms with Gasteiger partial charge in [0.05, 0.1) is 4.88 Å². The molecule has 0 aliphatic heterocycles. The maximum Gasteiger partial charge on any atom is 0.261 e. The summed E-state index contributed by atoms with van der Waals surface area (Å²) >= 11 is 1.61. The monoisotopic (exact) mass is 223 g/mol. The number of aryl methyl sites for hydroxylation is 1. The molecule has 1 aliphatic carbocycles. The highest BCUT2D eigenvalue weighted by Crippen LogP contribution is 2.20. The Kier molecular flexibility index (Phi) is 3.41. The van der Waals surface area contributed by atoms with Crippen molar-refractivity contribution in [3.63, 3.8) is 0 Å². The molecule has 0 bridgehead atoms. The van der Waals surface area contributed by atoms with Gasteiger partial charge in [-0.25, -0.2) is 0 Å². The second kappa shape index (κ2) is 4.79. The van der Waals surface area contributed by atoms with Crippen molar-refractivity contribution in [2.75, 3.05) is 0 Å². The lowest BCUT2D eigenvalue weighted by atomic mass is 10.2. The van der Waals surface area contributed by atoms with Gasteiger partial charge in [0.1, 0.15) is 0 Å². The van der Waals surface area contributed by atoms with Crippen molar-refractivity contribution >= 4 is 17.2 Å². The standard InChI is InChI=1S/C12H17NOS/c1-2-10-7-8-11(15-10)12(14)13-9-5-3-4-6-9/h7-9H,2-6H2,1H3,(H,13,14). The van der Waals surface area contributed by atoms with Crippen LogP contribution in [0.1, 0.15) is 47.2 Å². The highest BCUT2D eigenvalue weighted by molar-refractivity contribution is 7.14. The van der Waals surface area contributed by atoms with Gasteiger partial charge in [0.2, 0.25) is 0 Å². The van der Waals surface area contributed by atoms with Crippen LogP contribution >= 0.6 is 11.3 Å². The molecule has 0 aromatic carbocycles. The molecule has 1 heterocycles. The lowest BCUT2D eigenvalue weighted by Gasteiger charge is -2.10. The zero-order valence-electron chi connectivity index (χ0n) is 9.08. The zero-order chi connectivity index (χ0) is 10.7. The fourth-order valence-electron chi connectivity index (χ4n) is 2.02. The first-order chi connectivity index (χ1) is 7.29. The van der Waals surface area contributed by atoms with Gasteiger partial charge in [0, 0.05) is 10.9 Å². The number of amides is 1. The van der Waals surface area contributed by atoms with E-state index in [-0.39, 0.29) is 5.91 Å². The first-order valence-electron chi connectivity index (χ1n) is 5.69. The van der Waals surface area contributed by atoms with Gasteiger partial charge in [0.15, 0.2) is 0 Å². The lowest BCUT2D eigenvalue weighted by molar-refractivity contribution is 0.0942. The molecule has 0 unspecified atom stereocenters. The summed E-state index contributed by atoms with van der Waals surface area (Å²) in [6.45, 7) is 2.12. The normalized spacial score (nSPS) is 16.9. The van der Waals surface area contributed by atoms with Crippen LogP contribution in [0.15, 0.2) is 12.1 Å². The summed E-state index contributed by atoms with van der Waals surface area (Å²) in [6.07, 6.45) is 5.84. The first-order valence-corrected chi connectivity index (χ1v) is 6.51. The van der Waals surface area contributed by atoms with Crippen LogP contribution in [0.25, 0.3) is 0 Å². The van der Waals surface area contributed by atoms with E-state index < -0.39 is 0 Å². The molecule has 2 nitrogen and oxygen atoms in total. The van der Waals surface area contributed by atoms with Crippen molar-refractivity contribution in [2.45, 2.75) is 45.1 Å². The van der Waals surface area contributed by atoms with Gasteiger partial charge in [-0.05, 0) is 31.4 Å². The Morgan fingerprint density at radius 2 is 2.20 bits per heavy atom. The maximum absolute atomic E-state index is 11.8. The minimum Gasteiger partial charge on any atom is -0.349 e. The Bertz CT molecular complexity index is 339. The molecule has 0 atom stereocenters. The summed E-state index contributed by atoms with van der Waals surface area (Å²) in [5.74, 6) is 0.117. The second-order valence-electron chi connectivity index (χ2n) is 4.07. The van der Waals surface area contributed by atoms with Crippen molar-refractivity contribution in [1.29, 1.82) is 0 Å². The topological polar surface area (TPSA) is 29.1 Å². The van der Waals surface area contributed by atoms with Crippen LogP contribution in [-0.4, -0.2) is 11.9 Å². The Labute approximate surface area is 94.7 Å². The Hall–Kier alpha value is -0.830. The van der Waals surface area contributed by atoms with E-state index in [4.69, 9.17) is 0 Å². The van der Waals surface area contributed by atoms with E-state index >= 15 is 0 Å². The minimum atomic E-state index is 0.117. The minimum absolute atomic E-state index is 0.117. The molecule has 1 aromatic heterocycles. The van der Waals surface area contributed by atoms with Gasteiger partial charge < -0.3 is 5.32 Å². The molecular weight excluding hydrogens is 206 g/mol. The molecule has 1 N–H and O–H groups in total. The third-order valence-corrected chi connectivity index (χ3v) is 4.15.